The lowest BCUT2D eigenvalue weighted by atomic mass is 10.2. The van der Waals surface area contributed by atoms with E-state index in [0.717, 1.165) is 4.47 Å². The highest BCUT2D eigenvalue weighted by Crippen LogP contribution is 2.35. The largest absolute Gasteiger partial charge is 0.491 e. The number of ether oxygens (including phenoxy) is 3. The molecule has 0 spiro atoms. The van der Waals surface area contributed by atoms with Gasteiger partial charge in [0.05, 0.1) is 23.8 Å². The first-order valence-electron chi connectivity index (χ1n) is 7.95. The lowest BCUT2D eigenvalue weighted by Gasteiger charge is -2.14. The monoisotopic (exact) mass is 418 g/mol. The number of aliphatic hydroxyl groups excluding tert-OH is 1. The number of fused-ring (bicyclic) bond motifs is 2. The van der Waals surface area contributed by atoms with Gasteiger partial charge in [0.2, 0.25) is 6.79 Å². The Labute approximate surface area is 156 Å². The third kappa shape index (κ3) is 3.38. The van der Waals surface area contributed by atoms with Crippen LogP contribution in [0.25, 0.3) is 10.9 Å². The second-order valence-electron chi connectivity index (χ2n) is 5.84. The van der Waals surface area contributed by atoms with Crippen LogP contribution in [-0.2, 0) is 6.54 Å². The Morgan fingerprint density at radius 3 is 2.96 bits per heavy atom. The van der Waals surface area contributed by atoms with Crippen molar-refractivity contribution >= 4 is 26.8 Å². The highest BCUT2D eigenvalue weighted by molar-refractivity contribution is 9.10. The molecule has 2 heterocycles. The van der Waals surface area contributed by atoms with Crippen LogP contribution in [0.3, 0.4) is 0 Å². The predicted molar refractivity (Wildman–Crippen MR) is 97.8 cm³/mol. The van der Waals surface area contributed by atoms with Crippen LogP contribution in [0.4, 0.5) is 0 Å². The molecular weight excluding hydrogens is 404 g/mol. The molecule has 1 aliphatic heterocycles. The minimum absolute atomic E-state index is 0.0304. The van der Waals surface area contributed by atoms with Crippen molar-refractivity contribution in [3.05, 3.63) is 57.6 Å². The number of halogens is 1. The summed E-state index contributed by atoms with van der Waals surface area (Å²) in [5.41, 5.74) is 0.402. The van der Waals surface area contributed by atoms with E-state index >= 15 is 0 Å². The minimum atomic E-state index is -0.871. The summed E-state index contributed by atoms with van der Waals surface area (Å²) in [5, 5.41) is 10.7. The Morgan fingerprint density at radius 1 is 1.23 bits per heavy atom. The molecular formula is C18H15BrN2O5. The standard InChI is InChI=1S/C18H15BrN2O5/c19-11-1-3-15-14(5-11)18(23)21(9-20-15)7-12(22)8-24-13-2-4-16-17(6-13)26-10-25-16/h1-6,9,12,22H,7-8,10H2. The van der Waals surface area contributed by atoms with Crippen LogP contribution in [0.15, 0.2) is 52.0 Å². The zero-order valence-corrected chi connectivity index (χ0v) is 15.2. The number of aromatic nitrogens is 2. The van der Waals surface area contributed by atoms with Gasteiger partial charge in [-0.3, -0.25) is 9.36 Å². The van der Waals surface area contributed by atoms with Crippen molar-refractivity contribution in [1.29, 1.82) is 0 Å². The molecule has 1 atom stereocenters. The van der Waals surface area contributed by atoms with Gasteiger partial charge in [0.25, 0.3) is 5.56 Å². The highest BCUT2D eigenvalue weighted by Gasteiger charge is 2.15. The van der Waals surface area contributed by atoms with Gasteiger partial charge in [-0.2, -0.15) is 0 Å². The Hall–Kier alpha value is -2.58. The summed E-state index contributed by atoms with van der Waals surface area (Å²) in [6.07, 6.45) is 0.562. The first-order chi connectivity index (χ1) is 12.6. The average molecular weight is 419 g/mol. The van der Waals surface area contributed by atoms with Gasteiger partial charge in [-0.05, 0) is 30.3 Å². The van der Waals surface area contributed by atoms with Crippen molar-refractivity contribution in [2.75, 3.05) is 13.4 Å². The summed E-state index contributed by atoms with van der Waals surface area (Å²) >= 11 is 3.35. The average Bonchev–Trinajstić information content (AvgIpc) is 3.10. The number of hydrogen-bond acceptors (Lipinski definition) is 6. The topological polar surface area (TPSA) is 82.8 Å². The van der Waals surface area contributed by atoms with E-state index in [4.69, 9.17) is 14.2 Å². The summed E-state index contributed by atoms with van der Waals surface area (Å²) in [5.74, 6) is 1.83. The molecule has 4 rings (SSSR count). The van der Waals surface area contributed by atoms with Gasteiger partial charge in [0, 0.05) is 10.5 Å². The third-order valence-corrected chi connectivity index (χ3v) is 4.47. The number of benzene rings is 2. The van der Waals surface area contributed by atoms with Crippen molar-refractivity contribution in [2.45, 2.75) is 12.6 Å². The summed E-state index contributed by atoms with van der Waals surface area (Å²) in [4.78, 5) is 16.8. The summed E-state index contributed by atoms with van der Waals surface area (Å²) in [7, 11) is 0. The fraction of sp³-hybridized carbons (Fsp3) is 0.222. The molecule has 8 heteroatoms. The summed E-state index contributed by atoms with van der Waals surface area (Å²) < 4.78 is 18.3. The fourth-order valence-corrected chi connectivity index (χ4v) is 3.06. The SMILES string of the molecule is O=c1c2cc(Br)ccc2ncn1CC(O)COc1ccc2c(c1)OCO2. The van der Waals surface area contributed by atoms with E-state index in [9.17, 15) is 9.90 Å². The van der Waals surface area contributed by atoms with Gasteiger partial charge in [-0.25, -0.2) is 4.98 Å². The maximum Gasteiger partial charge on any atom is 0.261 e. The van der Waals surface area contributed by atoms with Crippen LogP contribution >= 0.6 is 15.9 Å². The number of nitrogens with zero attached hydrogens (tertiary/aromatic N) is 2. The van der Waals surface area contributed by atoms with Crippen LogP contribution in [0.2, 0.25) is 0 Å². The smallest absolute Gasteiger partial charge is 0.261 e. The summed E-state index contributed by atoms with van der Waals surface area (Å²) in [6, 6.07) is 10.5. The Morgan fingerprint density at radius 2 is 2.08 bits per heavy atom. The first kappa shape index (κ1) is 16.9. The van der Waals surface area contributed by atoms with Crippen LogP contribution in [0, 0.1) is 0 Å². The molecule has 1 unspecified atom stereocenters. The lowest BCUT2D eigenvalue weighted by Crippen LogP contribution is -2.30. The molecule has 7 nitrogen and oxygen atoms in total. The summed E-state index contributed by atoms with van der Waals surface area (Å²) in [6.45, 7) is 0.302. The molecule has 134 valence electrons. The van der Waals surface area contributed by atoms with Crippen LogP contribution in [0.1, 0.15) is 0 Å². The van der Waals surface area contributed by atoms with E-state index in [1.807, 2.05) is 6.07 Å². The zero-order chi connectivity index (χ0) is 18.1. The highest BCUT2D eigenvalue weighted by atomic mass is 79.9. The van der Waals surface area contributed by atoms with Crippen LogP contribution in [-0.4, -0.2) is 34.2 Å². The van der Waals surface area contributed by atoms with Crippen LogP contribution in [0.5, 0.6) is 17.2 Å². The molecule has 0 radical (unpaired) electrons. The van der Waals surface area contributed by atoms with Crippen molar-refractivity contribution in [3.8, 4) is 17.2 Å². The Kier molecular flexibility index (Phi) is 4.52. The molecule has 0 bridgehead atoms. The molecule has 0 amide bonds. The van der Waals surface area contributed by atoms with E-state index in [0.29, 0.717) is 28.2 Å². The molecule has 1 aromatic heterocycles. The number of hydrogen-bond donors (Lipinski definition) is 1. The zero-order valence-electron chi connectivity index (χ0n) is 13.6. The quantitative estimate of drug-likeness (QED) is 0.684. The van der Waals surface area contributed by atoms with Crippen LogP contribution < -0.4 is 19.8 Å². The number of aliphatic hydroxyl groups is 1. The fourth-order valence-electron chi connectivity index (χ4n) is 2.70. The van der Waals surface area contributed by atoms with Gasteiger partial charge in [0.1, 0.15) is 18.5 Å². The second kappa shape index (κ2) is 6.97. The maximum atomic E-state index is 12.5. The number of rotatable bonds is 5. The molecule has 1 N–H and O–H groups in total. The molecule has 0 saturated carbocycles. The van der Waals surface area contributed by atoms with E-state index < -0.39 is 6.10 Å². The Balaban J connectivity index is 1.45. The predicted octanol–water partition coefficient (Wildman–Crippen LogP) is 2.33. The normalized spacial score (nSPS) is 13.8. The van der Waals surface area contributed by atoms with Crippen molar-refractivity contribution in [1.82, 2.24) is 9.55 Å². The second-order valence-corrected chi connectivity index (χ2v) is 6.76. The maximum absolute atomic E-state index is 12.5. The molecule has 3 aromatic rings. The van der Waals surface area contributed by atoms with Gasteiger partial charge in [-0.15, -0.1) is 0 Å². The molecule has 2 aromatic carbocycles. The third-order valence-electron chi connectivity index (χ3n) is 3.98. The first-order valence-corrected chi connectivity index (χ1v) is 8.75. The van der Waals surface area contributed by atoms with Crippen molar-refractivity contribution < 1.29 is 19.3 Å². The molecule has 1 aliphatic rings. The van der Waals surface area contributed by atoms with Gasteiger partial charge in [-0.1, -0.05) is 15.9 Å². The van der Waals surface area contributed by atoms with Gasteiger partial charge >= 0.3 is 0 Å². The minimum Gasteiger partial charge on any atom is -0.491 e. The van der Waals surface area contributed by atoms with Crippen molar-refractivity contribution in [3.63, 3.8) is 0 Å². The van der Waals surface area contributed by atoms with Crippen molar-refractivity contribution in [2.24, 2.45) is 0 Å². The molecule has 0 fully saturated rings. The molecule has 0 saturated heterocycles. The van der Waals surface area contributed by atoms with Gasteiger partial charge < -0.3 is 19.3 Å². The van der Waals surface area contributed by atoms with E-state index in [-0.39, 0.29) is 25.5 Å². The Bertz CT molecular complexity index is 1020. The molecule has 26 heavy (non-hydrogen) atoms. The van der Waals surface area contributed by atoms with Gasteiger partial charge in [0.15, 0.2) is 11.5 Å². The lowest BCUT2D eigenvalue weighted by molar-refractivity contribution is 0.0913. The van der Waals surface area contributed by atoms with E-state index in [1.165, 1.54) is 10.9 Å². The van der Waals surface area contributed by atoms with E-state index in [2.05, 4.69) is 20.9 Å². The van der Waals surface area contributed by atoms with E-state index in [1.54, 1.807) is 30.3 Å². The molecule has 0 aliphatic carbocycles.